The molecule has 10 rings (SSSR count). The van der Waals surface area contributed by atoms with Crippen LogP contribution in [0.2, 0.25) is 0 Å². The minimum atomic E-state index is -1.30. The van der Waals surface area contributed by atoms with Crippen molar-refractivity contribution in [3.8, 4) is 17.4 Å². The van der Waals surface area contributed by atoms with E-state index in [-0.39, 0.29) is 0 Å². The van der Waals surface area contributed by atoms with Crippen LogP contribution in [0.5, 0.6) is 0 Å². The number of nitriles is 1. The Labute approximate surface area is 349 Å². The van der Waals surface area contributed by atoms with Crippen molar-refractivity contribution in [1.29, 1.82) is 5.26 Å². The number of aliphatic carboxylic acids is 1. The van der Waals surface area contributed by atoms with Crippen LogP contribution >= 0.6 is 23.5 Å². The summed E-state index contributed by atoms with van der Waals surface area (Å²) in [6.07, 6.45) is 1.23. The number of carboxylic acid groups (broad SMARTS) is 1. The molecule has 0 spiro atoms. The lowest BCUT2D eigenvalue weighted by atomic mass is 10.1. The summed E-state index contributed by atoms with van der Waals surface area (Å²) in [5.41, 5.74) is 10.0. The zero-order chi connectivity index (χ0) is 39.9. The van der Waals surface area contributed by atoms with Gasteiger partial charge in [-0.05, 0) is 133 Å². The third-order valence-corrected chi connectivity index (χ3v) is 12.5. The minimum absolute atomic E-state index is 0.292. The van der Waals surface area contributed by atoms with Gasteiger partial charge in [0.05, 0.1) is 22.7 Å². The molecule has 8 aromatic rings. The highest BCUT2D eigenvalue weighted by molar-refractivity contribution is 8.00. The number of furan rings is 1. The molecule has 1 aromatic heterocycles. The topological polar surface area (TPSA) is 84.0 Å². The maximum atomic E-state index is 11.4. The van der Waals surface area contributed by atoms with Crippen molar-refractivity contribution in [1.82, 2.24) is 0 Å². The predicted molar refractivity (Wildman–Crippen MR) is 238 cm³/mol. The number of anilines is 9. The van der Waals surface area contributed by atoms with Gasteiger partial charge in [0.25, 0.3) is 0 Å². The van der Waals surface area contributed by atoms with Crippen LogP contribution in [0, 0.1) is 11.3 Å². The molecule has 3 heterocycles. The number of fused-ring (bicyclic) bond motifs is 4. The summed E-state index contributed by atoms with van der Waals surface area (Å²) in [6.45, 7) is 0. The van der Waals surface area contributed by atoms with E-state index >= 15 is 0 Å². The van der Waals surface area contributed by atoms with Crippen molar-refractivity contribution in [3.63, 3.8) is 0 Å². The SMILES string of the molecule is N#C/C(=C\c1ccc(-c2ccc(N(c3ccc(N4c5ccccc5Sc5ccccc54)cc3)c3ccc(N4c5ccccc5Sc5ccccc54)cc3)cc2)o1)C(=O)O. The smallest absolute Gasteiger partial charge is 0.346 e. The van der Waals surface area contributed by atoms with Crippen LogP contribution in [0.15, 0.2) is 212 Å². The van der Waals surface area contributed by atoms with Crippen molar-refractivity contribution in [2.24, 2.45) is 0 Å². The molecule has 2 aliphatic heterocycles. The summed E-state index contributed by atoms with van der Waals surface area (Å²) in [5, 5.41) is 18.5. The lowest BCUT2D eigenvalue weighted by molar-refractivity contribution is -0.132. The van der Waals surface area contributed by atoms with E-state index in [2.05, 4.69) is 172 Å². The molecule has 0 aliphatic carbocycles. The fourth-order valence-electron chi connectivity index (χ4n) is 7.56. The molecular formula is C50H32N4O3S2. The Bertz CT molecular complexity index is 2720. The van der Waals surface area contributed by atoms with Crippen LogP contribution in [0.25, 0.3) is 17.4 Å². The summed E-state index contributed by atoms with van der Waals surface area (Å²) in [4.78, 5) is 23.1. The van der Waals surface area contributed by atoms with Gasteiger partial charge in [-0.3, -0.25) is 0 Å². The Kier molecular flexibility index (Phi) is 9.26. The van der Waals surface area contributed by atoms with Gasteiger partial charge in [0.15, 0.2) is 0 Å². The average Bonchev–Trinajstić information content (AvgIpc) is 3.76. The van der Waals surface area contributed by atoms with Gasteiger partial charge in [0.2, 0.25) is 0 Å². The van der Waals surface area contributed by atoms with E-state index in [1.54, 1.807) is 41.7 Å². The van der Waals surface area contributed by atoms with E-state index in [9.17, 15) is 15.2 Å². The Hall–Kier alpha value is -7.38. The largest absolute Gasteiger partial charge is 0.477 e. The highest BCUT2D eigenvalue weighted by atomic mass is 32.2. The normalized spacial score (nSPS) is 12.8. The molecule has 0 atom stereocenters. The van der Waals surface area contributed by atoms with E-state index in [4.69, 9.17) is 4.42 Å². The lowest BCUT2D eigenvalue weighted by Crippen LogP contribution is -2.16. The number of hydrogen-bond acceptors (Lipinski definition) is 8. The first-order valence-electron chi connectivity index (χ1n) is 18.9. The number of hydrogen-bond donors (Lipinski definition) is 1. The van der Waals surface area contributed by atoms with Gasteiger partial charge in [0.1, 0.15) is 23.2 Å². The van der Waals surface area contributed by atoms with Gasteiger partial charge >= 0.3 is 5.97 Å². The van der Waals surface area contributed by atoms with Crippen molar-refractivity contribution >= 4 is 86.8 Å². The first-order chi connectivity index (χ1) is 29.0. The van der Waals surface area contributed by atoms with E-state index in [1.165, 1.54) is 25.7 Å². The molecule has 2 aliphatic rings. The quantitative estimate of drug-likeness (QED) is 0.119. The fraction of sp³-hybridized carbons (Fsp3) is 0. The summed E-state index contributed by atoms with van der Waals surface area (Å²) in [5.74, 6) is -0.448. The first kappa shape index (κ1) is 36.0. The summed E-state index contributed by atoms with van der Waals surface area (Å²) >= 11 is 3.58. The lowest BCUT2D eigenvalue weighted by Gasteiger charge is -2.34. The molecule has 0 saturated carbocycles. The van der Waals surface area contributed by atoms with Gasteiger partial charge in [0, 0.05) is 59.7 Å². The third-order valence-electron chi connectivity index (χ3n) is 10.3. The van der Waals surface area contributed by atoms with E-state index in [1.807, 2.05) is 12.1 Å². The average molecular weight is 801 g/mol. The number of rotatable bonds is 8. The third kappa shape index (κ3) is 6.70. The summed E-state index contributed by atoms with van der Waals surface area (Å²) in [7, 11) is 0. The molecule has 0 fully saturated rings. The second-order valence-electron chi connectivity index (χ2n) is 13.8. The van der Waals surface area contributed by atoms with Crippen LogP contribution in [-0.2, 0) is 4.79 Å². The molecule has 0 bridgehead atoms. The Morgan fingerprint density at radius 1 is 0.542 bits per heavy atom. The second-order valence-corrected chi connectivity index (χ2v) is 16.0. The number of carbonyl (C=O) groups is 1. The molecule has 0 unspecified atom stereocenters. The van der Waals surface area contributed by atoms with Gasteiger partial charge in [-0.15, -0.1) is 0 Å². The van der Waals surface area contributed by atoms with Crippen LogP contribution in [0.4, 0.5) is 51.2 Å². The maximum Gasteiger partial charge on any atom is 0.346 e. The maximum absolute atomic E-state index is 11.4. The molecule has 1 N–H and O–H groups in total. The molecule has 59 heavy (non-hydrogen) atoms. The predicted octanol–water partition coefficient (Wildman–Crippen LogP) is 14.3. The zero-order valence-electron chi connectivity index (χ0n) is 31.3. The molecule has 7 nitrogen and oxygen atoms in total. The summed E-state index contributed by atoms with van der Waals surface area (Å²) in [6, 6.07) is 64.7. The fourth-order valence-corrected chi connectivity index (χ4v) is 9.67. The van der Waals surface area contributed by atoms with Crippen molar-refractivity contribution in [2.75, 3.05) is 14.7 Å². The molecule has 0 radical (unpaired) electrons. The summed E-state index contributed by atoms with van der Waals surface area (Å²) < 4.78 is 5.95. The molecule has 0 saturated heterocycles. The van der Waals surface area contributed by atoms with E-state index in [0.29, 0.717) is 11.5 Å². The number of nitrogens with zero attached hydrogens (tertiary/aromatic N) is 4. The monoisotopic (exact) mass is 800 g/mol. The van der Waals surface area contributed by atoms with Crippen LogP contribution in [0.1, 0.15) is 5.76 Å². The van der Waals surface area contributed by atoms with Crippen LogP contribution in [0.3, 0.4) is 0 Å². The van der Waals surface area contributed by atoms with Crippen molar-refractivity contribution in [2.45, 2.75) is 19.6 Å². The van der Waals surface area contributed by atoms with Crippen LogP contribution < -0.4 is 14.7 Å². The number of para-hydroxylation sites is 4. The van der Waals surface area contributed by atoms with Gasteiger partial charge in [-0.25, -0.2) is 4.79 Å². The van der Waals surface area contributed by atoms with E-state index < -0.39 is 11.5 Å². The highest BCUT2D eigenvalue weighted by Gasteiger charge is 2.26. The Balaban J connectivity index is 1.04. The minimum Gasteiger partial charge on any atom is -0.477 e. The Morgan fingerprint density at radius 3 is 1.32 bits per heavy atom. The van der Waals surface area contributed by atoms with E-state index in [0.717, 1.165) is 56.7 Å². The highest BCUT2D eigenvalue weighted by Crippen LogP contribution is 2.53. The second kappa shape index (κ2) is 15.2. The van der Waals surface area contributed by atoms with Gasteiger partial charge in [-0.2, -0.15) is 5.26 Å². The van der Waals surface area contributed by atoms with Crippen molar-refractivity contribution in [3.05, 3.63) is 193 Å². The molecule has 282 valence electrons. The zero-order valence-corrected chi connectivity index (χ0v) is 32.9. The number of carboxylic acids is 1. The molecule has 0 amide bonds. The first-order valence-corrected chi connectivity index (χ1v) is 20.5. The van der Waals surface area contributed by atoms with Crippen molar-refractivity contribution < 1.29 is 14.3 Å². The van der Waals surface area contributed by atoms with Gasteiger partial charge < -0.3 is 24.2 Å². The molecule has 7 aromatic carbocycles. The molecular weight excluding hydrogens is 769 g/mol. The van der Waals surface area contributed by atoms with Crippen LogP contribution in [-0.4, -0.2) is 11.1 Å². The Morgan fingerprint density at radius 2 is 0.932 bits per heavy atom. The molecule has 9 heteroatoms. The van der Waals surface area contributed by atoms with Gasteiger partial charge in [-0.1, -0.05) is 72.1 Å². The number of benzene rings is 7. The standard InChI is InChI=1S/C50H32N4O3S2/c51-32-34(50(55)56)31-40-29-30-45(57-40)33-17-19-35(20-18-33)52(36-21-25-38(26-22-36)53-41-9-1-5-13-46(41)58-47-14-6-2-10-42(47)53)37-23-27-39(28-24-37)54-43-11-3-7-15-48(43)59-49-16-8-4-12-44(49)54/h1-31H,(H,55,56)/b34-31+.